The van der Waals surface area contributed by atoms with Gasteiger partial charge in [0.1, 0.15) is 0 Å². The second-order valence-electron chi connectivity index (χ2n) is 5.00. The topological polar surface area (TPSA) is 23.8 Å². The van der Waals surface area contributed by atoms with Crippen molar-refractivity contribution in [3.05, 3.63) is 70.2 Å². The summed E-state index contributed by atoms with van der Waals surface area (Å²) in [6.45, 7) is 4.33. The van der Waals surface area contributed by atoms with E-state index in [2.05, 4.69) is 32.0 Å². The molecule has 0 unspecified atom stereocenters. The predicted octanol–water partition coefficient (Wildman–Crippen LogP) is 5.53. The number of nitrogens with zero attached hydrogens (tertiary/aromatic N) is 1. The van der Waals surface area contributed by atoms with E-state index in [1.54, 1.807) is 12.1 Å². The van der Waals surface area contributed by atoms with E-state index in [9.17, 15) is 5.26 Å². The highest BCUT2D eigenvalue weighted by atomic mass is 35.5. The molecule has 0 aliphatic carbocycles. The second-order valence-corrected chi connectivity index (χ2v) is 5.43. The van der Waals surface area contributed by atoms with Crippen LogP contribution in [0.4, 0.5) is 0 Å². The van der Waals surface area contributed by atoms with E-state index in [1.807, 2.05) is 30.3 Å². The van der Waals surface area contributed by atoms with Gasteiger partial charge in [-0.3, -0.25) is 0 Å². The first-order valence-electron chi connectivity index (χ1n) is 6.58. The number of hydrogen-bond donors (Lipinski definition) is 0. The summed E-state index contributed by atoms with van der Waals surface area (Å²) in [4.78, 5) is 0. The molecule has 0 aromatic heterocycles. The van der Waals surface area contributed by atoms with Crippen molar-refractivity contribution in [1.29, 1.82) is 5.26 Å². The Morgan fingerprint density at radius 3 is 2.15 bits per heavy atom. The molecular weight excluding hydrogens is 266 g/mol. The highest BCUT2D eigenvalue weighted by Gasteiger charge is 2.02. The third kappa shape index (κ3) is 3.50. The lowest BCUT2D eigenvalue weighted by Crippen LogP contribution is -1.87. The number of benzene rings is 2. The standard InChI is InChI=1S/C18H16ClN/c1-13(2)15-5-3-14(4-6-15)11-17(12-20)16-7-9-18(19)10-8-16/h3-11,13H,1-2H3/b17-11-. The lowest BCUT2D eigenvalue weighted by molar-refractivity contribution is 0.866. The van der Waals surface area contributed by atoms with Crippen molar-refractivity contribution in [3.8, 4) is 6.07 Å². The summed E-state index contributed by atoms with van der Waals surface area (Å²) >= 11 is 5.86. The maximum Gasteiger partial charge on any atom is 0.0998 e. The summed E-state index contributed by atoms with van der Waals surface area (Å²) in [5.74, 6) is 0.514. The summed E-state index contributed by atoms with van der Waals surface area (Å²) in [5.41, 5.74) is 3.84. The fourth-order valence-electron chi connectivity index (χ4n) is 1.95. The molecule has 20 heavy (non-hydrogen) atoms. The van der Waals surface area contributed by atoms with Gasteiger partial charge in [-0.15, -0.1) is 0 Å². The molecule has 0 saturated carbocycles. The van der Waals surface area contributed by atoms with Gasteiger partial charge in [-0.25, -0.2) is 0 Å². The summed E-state index contributed by atoms with van der Waals surface area (Å²) in [6.07, 6.45) is 1.90. The minimum atomic E-state index is 0.514. The molecule has 2 aromatic carbocycles. The van der Waals surface area contributed by atoms with E-state index in [1.165, 1.54) is 5.56 Å². The quantitative estimate of drug-likeness (QED) is 0.536. The largest absolute Gasteiger partial charge is 0.192 e. The van der Waals surface area contributed by atoms with E-state index in [0.29, 0.717) is 16.5 Å². The van der Waals surface area contributed by atoms with Crippen molar-refractivity contribution in [3.63, 3.8) is 0 Å². The normalized spacial score (nSPS) is 11.4. The van der Waals surface area contributed by atoms with Crippen molar-refractivity contribution < 1.29 is 0 Å². The Balaban J connectivity index is 2.31. The number of hydrogen-bond acceptors (Lipinski definition) is 1. The zero-order valence-electron chi connectivity index (χ0n) is 11.6. The first-order chi connectivity index (χ1) is 9.60. The molecule has 0 saturated heterocycles. The van der Waals surface area contributed by atoms with Gasteiger partial charge in [-0.1, -0.05) is 61.8 Å². The zero-order valence-corrected chi connectivity index (χ0v) is 12.4. The summed E-state index contributed by atoms with van der Waals surface area (Å²) in [7, 11) is 0. The van der Waals surface area contributed by atoms with E-state index < -0.39 is 0 Å². The van der Waals surface area contributed by atoms with Crippen LogP contribution in [0.5, 0.6) is 0 Å². The molecule has 100 valence electrons. The van der Waals surface area contributed by atoms with Gasteiger partial charge < -0.3 is 0 Å². The second kappa shape index (κ2) is 6.41. The van der Waals surface area contributed by atoms with Gasteiger partial charge in [-0.05, 0) is 40.8 Å². The average Bonchev–Trinajstić information content (AvgIpc) is 2.46. The highest BCUT2D eigenvalue weighted by molar-refractivity contribution is 6.30. The highest BCUT2D eigenvalue weighted by Crippen LogP contribution is 2.21. The SMILES string of the molecule is CC(C)c1ccc(/C=C(/C#N)c2ccc(Cl)cc2)cc1. The van der Waals surface area contributed by atoms with Gasteiger partial charge in [-0.2, -0.15) is 5.26 Å². The first-order valence-corrected chi connectivity index (χ1v) is 6.95. The van der Waals surface area contributed by atoms with Crippen molar-refractivity contribution in [1.82, 2.24) is 0 Å². The van der Waals surface area contributed by atoms with Crippen LogP contribution in [0.1, 0.15) is 36.5 Å². The van der Waals surface area contributed by atoms with Gasteiger partial charge >= 0.3 is 0 Å². The Morgan fingerprint density at radius 2 is 1.65 bits per heavy atom. The van der Waals surface area contributed by atoms with Crippen LogP contribution in [0.2, 0.25) is 5.02 Å². The van der Waals surface area contributed by atoms with Crippen LogP contribution in [0.3, 0.4) is 0 Å². The van der Waals surface area contributed by atoms with E-state index in [-0.39, 0.29) is 0 Å². The van der Waals surface area contributed by atoms with Crippen molar-refractivity contribution in [2.75, 3.05) is 0 Å². The van der Waals surface area contributed by atoms with Gasteiger partial charge in [0.2, 0.25) is 0 Å². The molecule has 0 fully saturated rings. The van der Waals surface area contributed by atoms with Crippen molar-refractivity contribution in [2.24, 2.45) is 0 Å². The lowest BCUT2D eigenvalue weighted by Gasteiger charge is -2.05. The Bertz CT molecular complexity index is 643. The molecule has 0 N–H and O–H groups in total. The monoisotopic (exact) mass is 281 g/mol. The van der Waals surface area contributed by atoms with E-state index >= 15 is 0 Å². The molecule has 0 atom stereocenters. The third-order valence-electron chi connectivity index (χ3n) is 3.19. The van der Waals surface area contributed by atoms with Gasteiger partial charge in [0.15, 0.2) is 0 Å². The molecular formula is C18H16ClN. The van der Waals surface area contributed by atoms with E-state index in [4.69, 9.17) is 11.6 Å². The molecule has 0 spiro atoms. The Labute approximate surface area is 125 Å². The Morgan fingerprint density at radius 1 is 1.05 bits per heavy atom. The predicted molar refractivity (Wildman–Crippen MR) is 85.5 cm³/mol. The summed E-state index contributed by atoms with van der Waals surface area (Å²) in [5, 5.41) is 9.98. The van der Waals surface area contributed by atoms with Crippen molar-refractivity contribution >= 4 is 23.3 Å². The van der Waals surface area contributed by atoms with Crippen LogP contribution in [0.15, 0.2) is 48.5 Å². The third-order valence-corrected chi connectivity index (χ3v) is 3.44. The van der Waals surface area contributed by atoms with Crippen molar-refractivity contribution in [2.45, 2.75) is 19.8 Å². The Kier molecular flexibility index (Phi) is 4.61. The molecule has 0 aliphatic heterocycles. The molecule has 1 nitrogen and oxygen atoms in total. The number of nitriles is 1. The smallest absolute Gasteiger partial charge is 0.0998 e. The minimum Gasteiger partial charge on any atom is -0.192 e. The minimum absolute atomic E-state index is 0.514. The fraction of sp³-hybridized carbons (Fsp3) is 0.167. The molecule has 0 amide bonds. The van der Waals surface area contributed by atoms with Crippen LogP contribution in [0, 0.1) is 11.3 Å². The molecule has 0 radical (unpaired) electrons. The van der Waals surface area contributed by atoms with Gasteiger partial charge in [0, 0.05) is 5.02 Å². The molecule has 0 heterocycles. The number of rotatable bonds is 3. The van der Waals surface area contributed by atoms with Gasteiger partial charge in [0.25, 0.3) is 0 Å². The van der Waals surface area contributed by atoms with Crippen LogP contribution < -0.4 is 0 Å². The maximum absolute atomic E-state index is 9.30. The first kappa shape index (κ1) is 14.4. The van der Waals surface area contributed by atoms with Crippen LogP contribution in [-0.4, -0.2) is 0 Å². The number of halogens is 1. The summed E-state index contributed by atoms with van der Waals surface area (Å²) in [6, 6.07) is 17.9. The molecule has 0 aliphatic rings. The van der Waals surface area contributed by atoms with Crippen LogP contribution >= 0.6 is 11.6 Å². The molecule has 2 heteroatoms. The van der Waals surface area contributed by atoms with Gasteiger partial charge in [0.05, 0.1) is 11.6 Å². The average molecular weight is 282 g/mol. The van der Waals surface area contributed by atoms with Crippen LogP contribution in [-0.2, 0) is 0 Å². The molecule has 2 rings (SSSR count). The van der Waals surface area contributed by atoms with E-state index in [0.717, 1.165) is 11.1 Å². The molecule has 2 aromatic rings. The maximum atomic E-state index is 9.30. The number of allylic oxidation sites excluding steroid dienone is 1. The summed E-state index contributed by atoms with van der Waals surface area (Å²) < 4.78 is 0. The zero-order chi connectivity index (χ0) is 14.5. The van der Waals surface area contributed by atoms with Crippen LogP contribution in [0.25, 0.3) is 11.6 Å². The molecule has 0 bridgehead atoms. The Hall–Kier alpha value is -2.04. The fourth-order valence-corrected chi connectivity index (χ4v) is 2.08. The lowest BCUT2D eigenvalue weighted by atomic mass is 9.99.